The number of nitrogens with zero attached hydrogens (tertiary/aromatic N) is 1. The van der Waals surface area contributed by atoms with E-state index in [-0.39, 0.29) is 10.8 Å². The van der Waals surface area contributed by atoms with E-state index in [1.54, 1.807) is 4.57 Å². The van der Waals surface area contributed by atoms with E-state index in [4.69, 9.17) is 10.7 Å². The molecule has 1 aromatic heterocycles. The van der Waals surface area contributed by atoms with Crippen molar-refractivity contribution in [1.29, 1.82) is 0 Å². The zero-order valence-corrected chi connectivity index (χ0v) is 13.2. The Morgan fingerprint density at radius 2 is 2.20 bits per heavy atom. The van der Waals surface area contributed by atoms with Gasteiger partial charge in [-0.15, -0.1) is 0 Å². The molecule has 0 bridgehead atoms. The predicted molar refractivity (Wildman–Crippen MR) is 77.4 cm³/mol. The van der Waals surface area contributed by atoms with Gasteiger partial charge in [-0.3, -0.25) is 4.79 Å². The van der Waals surface area contributed by atoms with Crippen molar-refractivity contribution in [2.45, 2.75) is 38.1 Å². The molecule has 0 aromatic carbocycles. The molecule has 0 radical (unpaired) electrons. The molecule has 1 saturated carbocycles. The van der Waals surface area contributed by atoms with Crippen LogP contribution >= 0.6 is 10.7 Å². The molecule has 5 nitrogen and oxygen atoms in total. The van der Waals surface area contributed by atoms with Crippen LogP contribution in [0, 0.1) is 11.8 Å². The number of nitrogens with one attached hydrogen (secondary N) is 1. The zero-order chi connectivity index (χ0) is 14.9. The van der Waals surface area contributed by atoms with Crippen molar-refractivity contribution < 1.29 is 13.2 Å². The lowest BCUT2D eigenvalue weighted by atomic mass is 10.1. The molecule has 0 spiro atoms. The Bertz CT molecular complexity index is 605. The first-order valence-electron chi connectivity index (χ1n) is 6.76. The van der Waals surface area contributed by atoms with Gasteiger partial charge in [-0.05, 0) is 37.7 Å². The second-order valence-electron chi connectivity index (χ2n) is 5.31. The molecule has 1 aliphatic rings. The highest BCUT2D eigenvalue weighted by Gasteiger charge is 2.28. The normalized spacial score (nSPS) is 16.9. The summed E-state index contributed by atoms with van der Waals surface area (Å²) in [6, 6.07) is 1.32. The molecule has 0 aliphatic heterocycles. The van der Waals surface area contributed by atoms with Gasteiger partial charge in [0, 0.05) is 30.0 Å². The molecule has 20 heavy (non-hydrogen) atoms. The van der Waals surface area contributed by atoms with Gasteiger partial charge in [-0.2, -0.15) is 0 Å². The lowest BCUT2D eigenvalue weighted by Gasteiger charge is -2.12. The van der Waals surface area contributed by atoms with Gasteiger partial charge in [-0.1, -0.05) is 6.92 Å². The monoisotopic (exact) mass is 318 g/mol. The first-order valence-corrected chi connectivity index (χ1v) is 9.07. The van der Waals surface area contributed by atoms with Gasteiger partial charge in [0.2, 0.25) is 0 Å². The second kappa shape index (κ2) is 5.77. The Morgan fingerprint density at radius 1 is 1.55 bits per heavy atom. The Labute approximate surface area is 123 Å². The van der Waals surface area contributed by atoms with Gasteiger partial charge in [0.1, 0.15) is 10.6 Å². The van der Waals surface area contributed by atoms with Crippen LogP contribution in [0.15, 0.2) is 17.2 Å². The molecule has 1 heterocycles. The van der Waals surface area contributed by atoms with Crippen LogP contribution in [-0.4, -0.2) is 25.4 Å². The predicted octanol–water partition coefficient (Wildman–Crippen LogP) is 2.21. The highest BCUT2D eigenvalue weighted by molar-refractivity contribution is 8.13. The third-order valence-electron chi connectivity index (χ3n) is 3.74. The molecule has 2 rings (SSSR count). The fraction of sp³-hybridized carbons (Fsp3) is 0.615. The number of carbonyl (C=O) groups is 1. The third kappa shape index (κ3) is 3.55. The Morgan fingerprint density at radius 3 is 2.70 bits per heavy atom. The maximum absolute atomic E-state index is 12.1. The van der Waals surface area contributed by atoms with Crippen LogP contribution in [0.2, 0.25) is 0 Å². The van der Waals surface area contributed by atoms with Gasteiger partial charge in [0.15, 0.2) is 0 Å². The summed E-state index contributed by atoms with van der Waals surface area (Å²) in [5, 5.41) is 2.86. The molecule has 1 N–H and O–H groups in total. The summed E-state index contributed by atoms with van der Waals surface area (Å²) in [7, 11) is 1.50. The van der Waals surface area contributed by atoms with Crippen molar-refractivity contribution in [3.05, 3.63) is 18.0 Å². The number of carbonyl (C=O) groups excluding carboxylic acids is 1. The standard InChI is InChI=1S/C13H19ClN2O3S/c1-3-16-8-11(20(14,18)19)6-12(16)13(17)15-7-9(2)10-4-5-10/h6,8-10H,3-5,7H2,1-2H3,(H,15,17). The van der Waals surface area contributed by atoms with E-state index in [1.807, 2.05) is 6.92 Å². The molecule has 112 valence electrons. The van der Waals surface area contributed by atoms with Gasteiger partial charge in [0.25, 0.3) is 15.0 Å². The fourth-order valence-corrected chi connectivity index (χ4v) is 3.00. The number of halogens is 1. The van der Waals surface area contributed by atoms with Crippen molar-refractivity contribution >= 4 is 25.6 Å². The summed E-state index contributed by atoms with van der Waals surface area (Å²) in [6.45, 7) is 5.08. The quantitative estimate of drug-likeness (QED) is 0.818. The van der Waals surface area contributed by atoms with E-state index in [1.165, 1.54) is 25.1 Å². The molecular weight excluding hydrogens is 300 g/mol. The molecule has 1 atom stereocenters. The van der Waals surface area contributed by atoms with Crippen molar-refractivity contribution in [3.8, 4) is 0 Å². The highest BCUT2D eigenvalue weighted by Crippen LogP contribution is 2.36. The summed E-state index contributed by atoms with van der Waals surface area (Å²) < 4.78 is 24.2. The number of aryl methyl sites for hydroxylation is 1. The van der Waals surface area contributed by atoms with E-state index < -0.39 is 9.05 Å². The van der Waals surface area contributed by atoms with Crippen molar-refractivity contribution in [3.63, 3.8) is 0 Å². The zero-order valence-electron chi connectivity index (χ0n) is 11.6. The molecule has 1 fully saturated rings. The maximum Gasteiger partial charge on any atom is 0.267 e. The SMILES string of the molecule is CCn1cc(S(=O)(=O)Cl)cc1C(=O)NCC(C)C1CC1. The average molecular weight is 319 g/mol. The number of aromatic nitrogens is 1. The summed E-state index contributed by atoms with van der Waals surface area (Å²) in [5.41, 5.74) is 0.328. The molecule has 1 unspecified atom stereocenters. The summed E-state index contributed by atoms with van der Waals surface area (Å²) in [5.74, 6) is 0.915. The minimum atomic E-state index is -3.81. The van der Waals surface area contributed by atoms with E-state index in [0.717, 1.165) is 0 Å². The molecular formula is C13H19ClN2O3S. The van der Waals surface area contributed by atoms with Gasteiger partial charge in [0.05, 0.1) is 0 Å². The van der Waals surface area contributed by atoms with Crippen LogP contribution in [0.1, 0.15) is 37.2 Å². The second-order valence-corrected chi connectivity index (χ2v) is 7.88. The maximum atomic E-state index is 12.1. The molecule has 1 amide bonds. The van der Waals surface area contributed by atoms with Gasteiger partial charge >= 0.3 is 0 Å². The third-order valence-corrected chi connectivity index (χ3v) is 5.06. The van der Waals surface area contributed by atoms with Crippen LogP contribution in [-0.2, 0) is 15.6 Å². The fourth-order valence-electron chi connectivity index (χ4n) is 2.25. The summed E-state index contributed by atoms with van der Waals surface area (Å²) in [6.07, 6.45) is 3.86. The lowest BCUT2D eigenvalue weighted by molar-refractivity contribution is 0.0937. The molecule has 0 saturated heterocycles. The lowest BCUT2D eigenvalue weighted by Crippen LogP contribution is -2.30. The minimum absolute atomic E-state index is 0.0404. The summed E-state index contributed by atoms with van der Waals surface area (Å²) >= 11 is 0. The Hall–Kier alpha value is -1.01. The highest BCUT2D eigenvalue weighted by atomic mass is 35.7. The van der Waals surface area contributed by atoms with E-state index in [2.05, 4.69) is 12.2 Å². The Balaban J connectivity index is 2.10. The smallest absolute Gasteiger partial charge is 0.267 e. The van der Waals surface area contributed by atoms with E-state index in [0.29, 0.717) is 30.6 Å². The van der Waals surface area contributed by atoms with Crippen LogP contribution in [0.4, 0.5) is 0 Å². The van der Waals surface area contributed by atoms with Crippen LogP contribution in [0.25, 0.3) is 0 Å². The molecule has 1 aromatic rings. The average Bonchev–Trinajstić information content (AvgIpc) is 3.12. The number of hydrogen-bond acceptors (Lipinski definition) is 3. The summed E-state index contributed by atoms with van der Waals surface area (Å²) in [4.78, 5) is 12.1. The molecule has 1 aliphatic carbocycles. The van der Waals surface area contributed by atoms with Crippen LogP contribution in [0.3, 0.4) is 0 Å². The van der Waals surface area contributed by atoms with E-state index >= 15 is 0 Å². The number of amides is 1. The van der Waals surface area contributed by atoms with Gasteiger partial charge in [-0.25, -0.2) is 8.42 Å². The van der Waals surface area contributed by atoms with Crippen LogP contribution < -0.4 is 5.32 Å². The topological polar surface area (TPSA) is 68.2 Å². The minimum Gasteiger partial charge on any atom is -0.350 e. The number of rotatable bonds is 6. The van der Waals surface area contributed by atoms with Crippen molar-refractivity contribution in [2.75, 3.05) is 6.54 Å². The van der Waals surface area contributed by atoms with Crippen LogP contribution in [0.5, 0.6) is 0 Å². The Kier molecular flexibility index (Phi) is 4.44. The van der Waals surface area contributed by atoms with Gasteiger partial charge < -0.3 is 9.88 Å². The molecule has 7 heteroatoms. The first-order chi connectivity index (χ1) is 9.32. The largest absolute Gasteiger partial charge is 0.350 e. The van der Waals surface area contributed by atoms with E-state index in [9.17, 15) is 13.2 Å². The van der Waals surface area contributed by atoms with Crippen molar-refractivity contribution in [2.24, 2.45) is 11.8 Å². The first kappa shape index (κ1) is 15.4. The van der Waals surface area contributed by atoms with Crippen molar-refractivity contribution in [1.82, 2.24) is 9.88 Å². The number of hydrogen-bond donors (Lipinski definition) is 1.